The van der Waals surface area contributed by atoms with Crippen LogP contribution < -0.4 is 15.1 Å². The zero-order chi connectivity index (χ0) is 19.6. The number of ether oxygens (including phenoxy) is 2. The van der Waals surface area contributed by atoms with Gasteiger partial charge in [0, 0.05) is 16.5 Å². The number of Topliss-reactive ketones (excluding diaryl/α,β-unsaturated/α-hetero) is 1. The highest BCUT2D eigenvalue weighted by molar-refractivity contribution is 6.30. The fraction of sp³-hybridized carbons (Fsp3) is 0.150. The second-order valence-corrected chi connectivity index (χ2v) is 6.27. The van der Waals surface area contributed by atoms with Crippen LogP contribution in [0.3, 0.4) is 0 Å². The number of esters is 1. The van der Waals surface area contributed by atoms with E-state index in [1.54, 1.807) is 37.3 Å². The molecular weight excluding hydrogens is 372 g/mol. The van der Waals surface area contributed by atoms with E-state index < -0.39 is 17.4 Å². The Morgan fingerprint density at radius 1 is 1.11 bits per heavy atom. The molecule has 0 bridgehead atoms. The topological polar surface area (TPSA) is 82.8 Å². The van der Waals surface area contributed by atoms with Crippen molar-refractivity contribution in [2.45, 2.75) is 13.8 Å². The molecular formula is C20H15ClO6. The van der Waals surface area contributed by atoms with Crippen molar-refractivity contribution in [3.05, 3.63) is 69.0 Å². The van der Waals surface area contributed by atoms with Crippen LogP contribution in [-0.2, 0) is 4.79 Å². The molecule has 7 heteroatoms. The molecule has 6 nitrogen and oxygen atoms in total. The summed E-state index contributed by atoms with van der Waals surface area (Å²) in [4.78, 5) is 35.9. The Labute approximate surface area is 159 Å². The number of halogens is 1. The largest absolute Gasteiger partial charge is 0.482 e. The zero-order valence-corrected chi connectivity index (χ0v) is 15.3. The quantitative estimate of drug-likeness (QED) is 0.286. The molecule has 0 aliphatic rings. The predicted octanol–water partition coefficient (Wildman–Crippen LogP) is 3.94. The van der Waals surface area contributed by atoms with Crippen LogP contribution in [0.25, 0.3) is 11.0 Å². The number of hydrogen-bond acceptors (Lipinski definition) is 6. The average molecular weight is 387 g/mol. The van der Waals surface area contributed by atoms with Gasteiger partial charge in [-0.25, -0.2) is 9.59 Å². The maximum atomic E-state index is 12.1. The predicted molar refractivity (Wildman–Crippen MR) is 99.8 cm³/mol. The summed E-state index contributed by atoms with van der Waals surface area (Å²) in [5, 5.41) is 1.14. The molecule has 0 N–H and O–H groups in total. The van der Waals surface area contributed by atoms with E-state index in [1.807, 2.05) is 0 Å². The minimum atomic E-state index is -0.707. The van der Waals surface area contributed by atoms with E-state index in [0.717, 1.165) is 0 Å². The van der Waals surface area contributed by atoms with Crippen LogP contribution >= 0.6 is 11.6 Å². The first kappa shape index (κ1) is 18.7. The number of hydrogen-bond donors (Lipinski definition) is 0. The summed E-state index contributed by atoms with van der Waals surface area (Å²) in [6, 6.07) is 10.9. The van der Waals surface area contributed by atoms with Crippen molar-refractivity contribution in [3.8, 4) is 11.5 Å². The monoisotopic (exact) mass is 386 g/mol. The Hall–Kier alpha value is -3.12. The second-order valence-electron chi connectivity index (χ2n) is 5.84. The molecule has 3 aromatic rings. The lowest BCUT2D eigenvalue weighted by Gasteiger charge is -2.11. The molecule has 0 radical (unpaired) electrons. The van der Waals surface area contributed by atoms with Crippen molar-refractivity contribution in [2.75, 3.05) is 6.61 Å². The third kappa shape index (κ3) is 4.17. The Kier molecular flexibility index (Phi) is 5.28. The molecule has 0 saturated carbocycles. The van der Waals surface area contributed by atoms with Crippen molar-refractivity contribution in [2.24, 2.45) is 0 Å². The van der Waals surface area contributed by atoms with Crippen LogP contribution in [0.15, 0.2) is 51.7 Å². The van der Waals surface area contributed by atoms with Crippen molar-refractivity contribution >= 4 is 34.3 Å². The van der Waals surface area contributed by atoms with Gasteiger partial charge in [0.1, 0.15) is 17.1 Å². The number of carbonyl (C=O) groups is 2. The van der Waals surface area contributed by atoms with Crippen LogP contribution in [0.1, 0.15) is 22.8 Å². The summed E-state index contributed by atoms with van der Waals surface area (Å²) in [6.45, 7) is 2.67. The zero-order valence-electron chi connectivity index (χ0n) is 14.6. The number of benzene rings is 2. The summed E-state index contributed by atoms with van der Waals surface area (Å²) in [7, 11) is 0. The molecule has 0 amide bonds. The number of aryl methyl sites for hydroxylation is 1. The van der Waals surface area contributed by atoms with Gasteiger partial charge in [-0.05, 0) is 55.8 Å². The van der Waals surface area contributed by atoms with Gasteiger partial charge in [-0.2, -0.15) is 0 Å². The molecule has 0 fully saturated rings. The van der Waals surface area contributed by atoms with Gasteiger partial charge in [0.15, 0.2) is 18.0 Å². The summed E-state index contributed by atoms with van der Waals surface area (Å²) < 4.78 is 15.8. The molecule has 0 spiro atoms. The van der Waals surface area contributed by atoms with E-state index in [4.69, 9.17) is 25.5 Å². The van der Waals surface area contributed by atoms with Crippen LogP contribution in [0.2, 0.25) is 5.02 Å². The van der Waals surface area contributed by atoms with Gasteiger partial charge < -0.3 is 13.9 Å². The van der Waals surface area contributed by atoms with E-state index in [0.29, 0.717) is 21.7 Å². The maximum Gasteiger partial charge on any atom is 0.349 e. The SMILES string of the molecule is CC(=O)c1c(OC(=O)COc2ccc(Cl)cc2)ccc2c(C)cc(=O)oc12. The van der Waals surface area contributed by atoms with E-state index in [-0.39, 0.29) is 23.5 Å². The first-order valence-corrected chi connectivity index (χ1v) is 8.40. The van der Waals surface area contributed by atoms with Crippen molar-refractivity contribution in [1.29, 1.82) is 0 Å². The highest BCUT2D eigenvalue weighted by atomic mass is 35.5. The number of fused-ring (bicyclic) bond motifs is 1. The third-order valence-electron chi connectivity index (χ3n) is 3.83. The minimum absolute atomic E-state index is 0.00783. The summed E-state index contributed by atoms with van der Waals surface area (Å²) in [6.07, 6.45) is 0. The van der Waals surface area contributed by atoms with Crippen molar-refractivity contribution < 1.29 is 23.5 Å². The summed E-state index contributed by atoms with van der Waals surface area (Å²) in [5.41, 5.74) is 0.203. The number of ketones is 1. The van der Waals surface area contributed by atoms with Gasteiger partial charge >= 0.3 is 11.6 Å². The van der Waals surface area contributed by atoms with Crippen molar-refractivity contribution in [1.82, 2.24) is 0 Å². The van der Waals surface area contributed by atoms with E-state index in [1.165, 1.54) is 19.1 Å². The number of carbonyl (C=O) groups excluding carboxylic acids is 2. The molecule has 3 rings (SSSR count). The van der Waals surface area contributed by atoms with Gasteiger partial charge in [0.25, 0.3) is 0 Å². The second kappa shape index (κ2) is 7.63. The van der Waals surface area contributed by atoms with Crippen LogP contribution in [-0.4, -0.2) is 18.4 Å². The van der Waals surface area contributed by atoms with Gasteiger partial charge in [-0.1, -0.05) is 11.6 Å². The van der Waals surface area contributed by atoms with Gasteiger partial charge in [0.2, 0.25) is 0 Å². The maximum absolute atomic E-state index is 12.1. The van der Waals surface area contributed by atoms with Gasteiger partial charge in [0.05, 0.1) is 0 Å². The first-order valence-electron chi connectivity index (χ1n) is 8.02. The van der Waals surface area contributed by atoms with Gasteiger partial charge in [-0.15, -0.1) is 0 Å². The minimum Gasteiger partial charge on any atom is -0.482 e. The molecule has 0 atom stereocenters. The van der Waals surface area contributed by atoms with Crippen LogP contribution in [0.4, 0.5) is 0 Å². The van der Waals surface area contributed by atoms with Crippen LogP contribution in [0, 0.1) is 6.92 Å². The molecule has 1 aromatic heterocycles. The molecule has 2 aromatic carbocycles. The Morgan fingerprint density at radius 2 is 1.81 bits per heavy atom. The standard InChI is InChI=1S/C20H15ClO6/c1-11-9-17(23)27-20-15(11)7-8-16(19(20)12(2)22)26-18(24)10-25-14-5-3-13(21)4-6-14/h3-9H,10H2,1-2H3. The Balaban J connectivity index is 1.86. The molecule has 0 unspecified atom stereocenters. The lowest BCUT2D eigenvalue weighted by Crippen LogP contribution is -2.19. The lowest BCUT2D eigenvalue weighted by atomic mass is 10.0. The highest BCUT2D eigenvalue weighted by Gasteiger charge is 2.19. The molecule has 27 heavy (non-hydrogen) atoms. The lowest BCUT2D eigenvalue weighted by molar-refractivity contribution is -0.136. The van der Waals surface area contributed by atoms with E-state index >= 15 is 0 Å². The van der Waals surface area contributed by atoms with Gasteiger partial charge in [-0.3, -0.25) is 4.79 Å². The number of rotatable bonds is 5. The smallest absolute Gasteiger partial charge is 0.349 e. The van der Waals surface area contributed by atoms with E-state index in [9.17, 15) is 14.4 Å². The average Bonchev–Trinajstić information content (AvgIpc) is 2.60. The fourth-order valence-electron chi connectivity index (χ4n) is 2.61. The molecule has 0 aliphatic heterocycles. The first-order chi connectivity index (χ1) is 12.8. The van der Waals surface area contributed by atoms with E-state index in [2.05, 4.69) is 0 Å². The van der Waals surface area contributed by atoms with Crippen LogP contribution in [0.5, 0.6) is 11.5 Å². The summed E-state index contributed by atoms with van der Waals surface area (Å²) in [5.74, 6) is -0.644. The molecule has 138 valence electrons. The normalized spacial score (nSPS) is 10.6. The fourth-order valence-corrected chi connectivity index (χ4v) is 2.74. The molecule has 0 saturated heterocycles. The molecule has 0 aliphatic carbocycles. The van der Waals surface area contributed by atoms with Crippen molar-refractivity contribution in [3.63, 3.8) is 0 Å². The Bertz CT molecular complexity index is 1080. The highest BCUT2D eigenvalue weighted by Crippen LogP contribution is 2.29. The third-order valence-corrected chi connectivity index (χ3v) is 4.08. The molecule has 1 heterocycles. The summed E-state index contributed by atoms with van der Waals surface area (Å²) >= 11 is 5.79. The Morgan fingerprint density at radius 3 is 2.48 bits per heavy atom.